The van der Waals surface area contributed by atoms with Gasteiger partial charge in [0.15, 0.2) is 0 Å². The van der Waals surface area contributed by atoms with Crippen molar-refractivity contribution in [2.45, 2.75) is 27.2 Å². The lowest BCUT2D eigenvalue weighted by Crippen LogP contribution is -2.23. The van der Waals surface area contributed by atoms with E-state index < -0.39 is 0 Å². The van der Waals surface area contributed by atoms with Crippen LogP contribution in [0.4, 0.5) is 0 Å². The molecule has 1 atom stereocenters. The van der Waals surface area contributed by atoms with E-state index in [0.29, 0.717) is 11.3 Å². The van der Waals surface area contributed by atoms with Crippen LogP contribution in [0, 0.1) is 11.3 Å². The highest BCUT2D eigenvalue weighted by Gasteiger charge is 2.23. The van der Waals surface area contributed by atoms with Gasteiger partial charge in [0.2, 0.25) is 0 Å². The van der Waals surface area contributed by atoms with E-state index in [1.165, 1.54) is 4.88 Å². The maximum absolute atomic E-state index is 5.97. The molecule has 0 bridgehead atoms. The van der Waals surface area contributed by atoms with E-state index >= 15 is 0 Å². The summed E-state index contributed by atoms with van der Waals surface area (Å²) in [5.74, 6) is 1.33. The molecule has 0 aliphatic rings. The lowest BCUT2D eigenvalue weighted by atomic mass is 9.80. The van der Waals surface area contributed by atoms with Gasteiger partial charge in [-0.1, -0.05) is 26.8 Å². The first-order valence-electron chi connectivity index (χ1n) is 4.62. The summed E-state index contributed by atoms with van der Waals surface area (Å²) in [6, 6.07) is 4.30. The standard InChI is InChI=1S/C11H17ClS/c1-11(2,3)9(8-12)7-10-5-4-6-13-10/h4-6,9H,7-8H2,1-3H3. The second kappa shape index (κ2) is 4.47. The molecule has 0 amide bonds. The average Bonchev–Trinajstić information content (AvgIpc) is 2.49. The normalized spacial score (nSPS) is 14.5. The van der Waals surface area contributed by atoms with E-state index in [-0.39, 0.29) is 0 Å². The van der Waals surface area contributed by atoms with Crippen LogP contribution in [0.5, 0.6) is 0 Å². The Kier molecular flexibility index (Phi) is 3.81. The van der Waals surface area contributed by atoms with Crippen LogP contribution in [0.3, 0.4) is 0 Å². The maximum Gasteiger partial charge on any atom is 0.0260 e. The van der Waals surface area contributed by atoms with Gasteiger partial charge in [-0.3, -0.25) is 0 Å². The van der Waals surface area contributed by atoms with Crippen molar-refractivity contribution in [2.75, 3.05) is 5.88 Å². The zero-order valence-electron chi connectivity index (χ0n) is 8.51. The van der Waals surface area contributed by atoms with Gasteiger partial charge < -0.3 is 0 Å². The van der Waals surface area contributed by atoms with Gasteiger partial charge in [0.25, 0.3) is 0 Å². The number of hydrogen-bond donors (Lipinski definition) is 0. The monoisotopic (exact) mass is 216 g/mol. The van der Waals surface area contributed by atoms with E-state index in [1.807, 2.05) is 11.3 Å². The second-order valence-corrected chi connectivity index (χ2v) is 5.84. The number of alkyl halides is 1. The SMILES string of the molecule is CC(C)(C)C(CCl)Cc1cccs1. The van der Waals surface area contributed by atoms with E-state index in [1.54, 1.807) is 0 Å². The molecule has 13 heavy (non-hydrogen) atoms. The molecule has 0 radical (unpaired) electrons. The lowest BCUT2D eigenvalue weighted by Gasteiger charge is -2.28. The van der Waals surface area contributed by atoms with Crippen molar-refractivity contribution in [3.63, 3.8) is 0 Å². The molecule has 0 aliphatic carbocycles. The van der Waals surface area contributed by atoms with Crippen LogP contribution in [0.2, 0.25) is 0 Å². The van der Waals surface area contributed by atoms with Gasteiger partial charge in [0, 0.05) is 10.8 Å². The van der Waals surface area contributed by atoms with Crippen LogP contribution in [-0.2, 0) is 6.42 Å². The minimum Gasteiger partial charge on any atom is -0.149 e. The third kappa shape index (κ3) is 3.32. The molecule has 1 heterocycles. The van der Waals surface area contributed by atoms with Gasteiger partial charge in [-0.2, -0.15) is 0 Å². The molecular weight excluding hydrogens is 200 g/mol. The van der Waals surface area contributed by atoms with Gasteiger partial charge in [-0.15, -0.1) is 22.9 Å². The van der Waals surface area contributed by atoms with Gasteiger partial charge in [-0.05, 0) is 29.2 Å². The van der Waals surface area contributed by atoms with Crippen molar-refractivity contribution in [1.82, 2.24) is 0 Å². The quantitative estimate of drug-likeness (QED) is 0.665. The van der Waals surface area contributed by atoms with Crippen LogP contribution in [0.1, 0.15) is 25.6 Å². The molecule has 0 N–H and O–H groups in total. The molecule has 1 aromatic rings. The molecule has 0 fully saturated rings. The Labute approximate surface area is 89.9 Å². The fourth-order valence-corrected chi connectivity index (χ4v) is 2.62. The van der Waals surface area contributed by atoms with E-state index in [2.05, 4.69) is 38.3 Å². The van der Waals surface area contributed by atoms with Gasteiger partial charge in [-0.25, -0.2) is 0 Å². The van der Waals surface area contributed by atoms with Crippen molar-refractivity contribution in [3.05, 3.63) is 22.4 Å². The Morgan fingerprint density at radius 3 is 2.54 bits per heavy atom. The predicted molar refractivity (Wildman–Crippen MR) is 61.7 cm³/mol. The summed E-state index contributed by atoms with van der Waals surface area (Å²) < 4.78 is 0. The van der Waals surface area contributed by atoms with Crippen LogP contribution in [0.25, 0.3) is 0 Å². The summed E-state index contributed by atoms with van der Waals surface area (Å²) in [6.07, 6.45) is 1.12. The number of thiophene rings is 1. The van der Waals surface area contributed by atoms with E-state index in [9.17, 15) is 0 Å². The number of hydrogen-bond acceptors (Lipinski definition) is 1. The summed E-state index contributed by atoms with van der Waals surface area (Å²) in [5, 5.41) is 2.13. The molecule has 0 saturated heterocycles. The Balaban J connectivity index is 2.60. The maximum atomic E-state index is 5.97. The first-order chi connectivity index (χ1) is 6.04. The number of halogens is 1. The van der Waals surface area contributed by atoms with Crippen LogP contribution >= 0.6 is 22.9 Å². The molecule has 1 aromatic heterocycles. The first-order valence-corrected chi connectivity index (χ1v) is 6.04. The zero-order chi connectivity index (χ0) is 9.90. The summed E-state index contributed by atoms with van der Waals surface area (Å²) >= 11 is 7.80. The predicted octanol–water partition coefficient (Wildman–Crippen LogP) is 4.19. The van der Waals surface area contributed by atoms with Crippen molar-refractivity contribution < 1.29 is 0 Å². The van der Waals surface area contributed by atoms with Crippen molar-refractivity contribution in [1.29, 1.82) is 0 Å². The Hall–Kier alpha value is -0.0100. The minimum atomic E-state index is 0.311. The molecule has 0 saturated carbocycles. The zero-order valence-corrected chi connectivity index (χ0v) is 10.1. The highest BCUT2D eigenvalue weighted by Crippen LogP contribution is 2.31. The largest absolute Gasteiger partial charge is 0.149 e. The molecule has 74 valence electrons. The third-order valence-electron chi connectivity index (χ3n) is 2.44. The molecular formula is C11H17ClS. The van der Waals surface area contributed by atoms with Crippen LogP contribution in [0.15, 0.2) is 17.5 Å². The van der Waals surface area contributed by atoms with Crippen LogP contribution < -0.4 is 0 Å². The fourth-order valence-electron chi connectivity index (χ4n) is 1.26. The lowest BCUT2D eigenvalue weighted by molar-refractivity contribution is 0.265. The Morgan fingerprint density at radius 1 is 1.46 bits per heavy atom. The van der Waals surface area contributed by atoms with Crippen molar-refractivity contribution in [2.24, 2.45) is 11.3 Å². The topological polar surface area (TPSA) is 0 Å². The summed E-state index contributed by atoms with van der Waals surface area (Å²) in [5.41, 5.74) is 0.311. The second-order valence-electron chi connectivity index (χ2n) is 4.50. The Bertz CT molecular complexity index is 233. The van der Waals surface area contributed by atoms with Gasteiger partial charge in [0.05, 0.1) is 0 Å². The van der Waals surface area contributed by atoms with E-state index in [0.717, 1.165) is 12.3 Å². The molecule has 0 spiro atoms. The highest BCUT2D eigenvalue weighted by molar-refractivity contribution is 7.09. The Morgan fingerprint density at radius 2 is 2.15 bits per heavy atom. The third-order valence-corrected chi connectivity index (χ3v) is 3.71. The van der Waals surface area contributed by atoms with E-state index in [4.69, 9.17) is 11.6 Å². The van der Waals surface area contributed by atoms with Crippen molar-refractivity contribution >= 4 is 22.9 Å². The fraction of sp³-hybridized carbons (Fsp3) is 0.636. The summed E-state index contributed by atoms with van der Waals surface area (Å²) in [7, 11) is 0. The smallest absolute Gasteiger partial charge is 0.0260 e. The first kappa shape index (κ1) is 11.1. The average molecular weight is 217 g/mol. The molecule has 1 rings (SSSR count). The summed E-state index contributed by atoms with van der Waals surface area (Å²) in [4.78, 5) is 1.44. The van der Waals surface area contributed by atoms with Crippen LogP contribution in [-0.4, -0.2) is 5.88 Å². The summed E-state index contributed by atoms with van der Waals surface area (Å²) in [6.45, 7) is 6.77. The molecule has 0 aliphatic heterocycles. The molecule has 0 nitrogen and oxygen atoms in total. The highest BCUT2D eigenvalue weighted by atomic mass is 35.5. The van der Waals surface area contributed by atoms with Gasteiger partial charge >= 0.3 is 0 Å². The number of rotatable bonds is 3. The minimum absolute atomic E-state index is 0.311. The van der Waals surface area contributed by atoms with Crippen molar-refractivity contribution in [3.8, 4) is 0 Å². The molecule has 2 heteroatoms. The molecule has 1 unspecified atom stereocenters. The van der Waals surface area contributed by atoms with Gasteiger partial charge in [0.1, 0.15) is 0 Å². The molecule has 0 aromatic carbocycles.